The Bertz CT molecular complexity index is 702. The van der Waals surface area contributed by atoms with Crippen LogP contribution in [0.25, 0.3) is 0 Å². The Morgan fingerprint density at radius 2 is 2.09 bits per heavy atom. The van der Waals surface area contributed by atoms with Crippen LogP contribution in [-0.2, 0) is 0 Å². The van der Waals surface area contributed by atoms with E-state index in [4.69, 9.17) is 9.47 Å². The Labute approximate surface area is 143 Å². The third-order valence-corrected chi connectivity index (χ3v) is 4.16. The van der Waals surface area contributed by atoms with E-state index in [1.165, 1.54) is 0 Å². The molecule has 2 heterocycles. The van der Waals surface area contributed by atoms with Crippen molar-refractivity contribution in [1.29, 1.82) is 0 Å². The number of halogens is 1. The third kappa shape index (κ3) is 3.47. The van der Waals surface area contributed by atoms with Crippen molar-refractivity contribution < 1.29 is 14.3 Å². The molecule has 6 heteroatoms. The Kier molecular flexibility index (Phi) is 4.81. The van der Waals surface area contributed by atoms with E-state index in [0.29, 0.717) is 36.9 Å². The molecule has 0 spiro atoms. The highest BCUT2D eigenvalue weighted by Gasteiger charge is 2.34. The minimum absolute atomic E-state index is 0.0333. The van der Waals surface area contributed by atoms with E-state index >= 15 is 0 Å². The van der Waals surface area contributed by atoms with Crippen molar-refractivity contribution in [2.24, 2.45) is 0 Å². The smallest absolute Gasteiger partial charge is 0.257 e. The first kappa shape index (κ1) is 15.8. The summed E-state index contributed by atoms with van der Waals surface area (Å²) in [5, 5.41) is 0. The number of amides is 1. The van der Waals surface area contributed by atoms with E-state index in [-0.39, 0.29) is 12.0 Å². The molecule has 1 aromatic carbocycles. The van der Waals surface area contributed by atoms with E-state index in [0.717, 1.165) is 4.47 Å². The van der Waals surface area contributed by atoms with Gasteiger partial charge >= 0.3 is 0 Å². The average Bonchev–Trinajstić information content (AvgIpc) is 2.52. The molecule has 1 aliphatic heterocycles. The van der Waals surface area contributed by atoms with Crippen molar-refractivity contribution in [3.05, 3.63) is 52.6 Å². The molecule has 1 saturated heterocycles. The van der Waals surface area contributed by atoms with Crippen molar-refractivity contribution in [3.63, 3.8) is 0 Å². The number of carbonyl (C=O) groups excluding carboxylic acids is 1. The molecule has 0 unspecified atom stereocenters. The molecule has 5 nitrogen and oxygen atoms in total. The van der Waals surface area contributed by atoms with Gasteiger partial charge in [-0.05, 0) is 47.1 Å². The van der Waals surface area contributed by atoms with Gasteiger partial charge in [-0.1, -0.05) is 12.1 Å². The molecule has 0 saturated carbocycles. The van der Waals surface area contributed by atoms with Gasteiger partial charge in [0.1, 0.15) is 11.9 Å². The van der Waals surface area contributed by atoms with Crippen molar-refractivity contribution in [2.75, 3.05) is 19.7 Å². The molecule has 3 rings (SSSR count). The highest BCUT2D eigenvalue weighted by Crippen LogP contribution is 2.26. The second-order valence-corrected chi connectivity index (χ2v) is 6.02. The molecule has 2 aromatic rings. The molecule has 1 fully saturated rings. The fraction of sp³-hybridized carbons (Fsp3) is 0.294. The van der Waals surface area contributed by atoms with Gasteiger partial charge in [-0.3, -0.25) is 4.79 Å². The molecule has 1 amide bonds. The number of aromatic nitrogens is 1. The third-order valence-electron chi connectivity index (χ3n) is 3.56. The molecule has 1 aromatic heterocycles. The van der Waals surface area contributed by atoms with Gasteiger partial charge in [0, 0.05) is 6.20 Å². The van der Waals surface area contributed by atoms with Crippen molar-refractivity contribution >= 4 is 21.8 Å². The minimum Gasteiger partial charge on any atom is -0.493 e. The van der Waals surface area contributed by atoms with Crippen LogP contribution in [0.1, 0.15) is 17.3 Å². The van der Waals surface area contributed by atoms with E-state index in [1.807, 2.05) is 37.3 Å². The number of ether oxygens (including phenoxy) is 2. The standard InChI is InChI=1S/C17H17BrN2O3/c1-2-22-15-8-4-3-6-13(15)17(21)20-10-12(11-20)23-16-14(18)7-5-9-19-16/h3-9,12H,2,10-11H2,1H3. The van der Waals surface area contributed by atoms with Crippen LogP contribution in [0.5, 0.6) is 11.6 Å². The van der Waals surface area contributed by atoms with Crippen molar-refractivity contribution in [3.8, 4) is 11.6 Å². The predicted octanol–water partition coefficient (Wildman–Crippen LogP) is 3.15. The first-order chi connectivity index (χ1) is 11.2. The number of para-hydroxylation sites is 1. The summed E-state index contributed by atoms with van der Waals surface area (Å²) >= 11 is 3.40. The summed E-state index contributed by atoms with van der Waals surface area (Å²) in [5.74, 6) is 1.14. The average molecular weight is 377 g/mol. The van der Waals surface area contributed by atoms with Crippen molar-refractivity contribution in [1.82, 2.24) is 9.88 Å². The number of pyridine rings is 1. The zero-order valence-electron chi connectivity index (χ0n) is 12.7. The summed E-state index contributed by atoms with van der Waals surface area (Å²) in [6.07, 6.45) is 1.64. The lowest BCUT2D eigenvalue weighted by molar-refractivity contribution is 0.0154. The molecule has 0 bridgehead atoms. The molecule has 0 aliphatic carbocycles. The molecule has 23 heavy (non-hydrogen) atoms. The van der Waals surface area contributed by atoms with E-state index < -0.39 is 0 Å². The first-order valence-corrected chi connectivity index (χ1v) is 8.26. The van der Waals surface area contributed by atoms with Gasteiger partial charge in [-0.2, -0.15) is 0 Å². The number of likely N-dealkylation sites (tertiary alicyclic amines) is 1. The van der Waals surface area contributed by atoms with Crippen LogP contribution >= 0.6 is 15.9 Å². The zero-order chi connectivity index (χ0) is 16.2. The molecular weight excluding hydrogens is 360 g/mol. The van der Waals surface area contributed by atoms with Crippen LogP contribution in [0.15, 0.2) is 47.1 Å². The lowest BCUT2D eigenvalue weighted by Crippen LogP contribution is -2.56. The predicted molar refractivity (Wildman–Crippen MR) is 89.9 cm³/mol. The Morgan fingerprint density at radius 1 is 1.30 bits per heavy atom. The van der Waals surface area contributed by atoms with E-state index in [1.54, 1.807) is 17.2 Å². The number of benzene rings is 1. The summed E-state index contributed by atoms with van der Waals surface area (Å²) < 4.78 is 12.1. The number of carbonyl (C=O) groups is 1. The summed E-state index contributed by atoms with van der Waals surface area (Å²) in [7, 11) is 0. The van der Waals surface area contributed by atoms with Gasteiger partial charge in [0.15, 0.2) is 0 Å². The van der Waals surface area contributed by atoms with Gasteiger partial charge in [-0.15, -0.1) is 0 Å². The second-order valence-electron chi connectivity index (χ2n) is 5.17. The normalized spacial score (nSPS) is 14.3. The largest absolute Gasteiger partial charge is 0.493 e. The topological polar surface area (TPSA) is 51.7 Å². The second kappa shape index (κ2) is 7.00. The SMILES string of the molecule is CCOc1ccccc1C(=O)N1CC(Oc2ncccc2Br)C1. The fourth-order valence-electron chi connectivity index (χ4n) is 2.39. The summed E-state index contributed by atoms with van der Waals surface area (Å²) in [5.41, 5.74) is 0.590. The molecule has 0 atom stereocenters. The summed E-state index contributed by atoms with van der Waals surface area (Å²) in [6, 6.07) is 11.0. The lowest BCUT2D eigenvalue weighted by atomic mass is 10.1. The maximum Gasteiger partial charge on any atom is 0.257 e. The Hall–Kier alpha value is -2.08. The van der Waals surface area contributed by atoms with Crippen molar-refractivity contribution in [2.45, 2.75) is 13.0 Å². The van der Waals surface area contributed by atoms with Gasteiger partial charge < -0.3 is 14.4 Å². The first-order valence-electron chi connectivity index (χ1n) is 7.47. The van der Waals surface area contributed by atoms with Crippen LogP contribution < -0.4 is 9.47 Å². The van der Waals surface area contributed by atoms with Crippen LogP contribution in [0.2, 0.25) is 0 Å². The highest BCUT2D eigenvalue weighted by molar-refractivity contribution is 9.10. The number of hydrogen-bond acceptors (Lipinski definition) is 4. The molecule has 0 N–H and O–H groups in total. The number of rotatable bonds is 5. The maximum atomic E-state index is 12.6. The lowest BCUT2D eigenvalue weighted by Gasteiger charge is -2.38. The van der Waals surface area contributed by atoms with Gasteiger partial charge in [0.05, 0.1) is 29.7 Å². The molecule has 1 aliphatic rings. The molecule has 0 radical (unpaired) electrons. The zero-order valence-corrected chi connectivity index (χ0v) is 14.3. The van der Waals surface area contributed by atoms with E-state index in [2.05, 4.69) is 20.9 Å². The Balaban J connectivity index is 1.61. The van der Waals surface area contributed by atoms with Crippen LogP contribution in [0.3, 0.4) is 0 Å². The molecular formula is C17H17BrN2O3. The monoisotopic (exact) mass is 376 g/mol. The highest BCUT2D eigenvalue weighted by atomic mass is 79.9. The maximum absolute atomic E-state index is 12.6. The number of hydrogen-bond donors (Lipinski definition) is 0. The summed E-state index contributed by atoms with van der Waals surface area (Å²) in [4.78, 5) is 18.5. The van der Waals surface area contributed by atoms with Gasteiger partial charge in [0.2, 0.25) is 5.88 Å². The van der Waals surface area contributed by atoms with E-state index in [9.17, 15) is 4.79 Å². The fourth-order valence-corrected chi connectivity index (χ4v) is 2.74. The Morgan fingerprint density at radius 3 is 2.83 bits per heavy atom. The van der Waals surface area contributed by atoms with Gasteiger partial charge in [0.25, 0.3) is 5.91 Å². The quantitative estimate of drug-likeness (QED) is 0.804. The van der Waals surface area contributed by atoms with Crippen LogP contribution in [0, 0.1) is 0 Å². The molecule has 120 valence electrons. The number of nitrogens with zero attached hydrogens (tertiary/aromatic N) is 2. The van der Waals surface area contributed by atoms with Crippen LogP contribution in [0.4, 0.5) is 0 Å². The van der Waals surface area contributed by atoms with Gasteiger partial charge in [-0.25, -0.2) is 4.98 Å². The minimum atomic E-state index is -0.0376. The van der Waals surface area contributed by atoms with Crippen LogP contribution in [-0.4, -0.2) is 41.6 Å². The summed E-state index contributed by atoms with van der Waals surface area (Å²) in [6.45, 7) is 3.52.